The minimum Gasteiger partial charge on any atom is -0.494 e. The number of aliphatic hydroxyl groups is 1. The molecule has 0 amide bonds. The van der Waals surface area contributed by atoms with E-state index in [1.165, 1.54) is 0 Å². The standard InChI is InChI=1S/C16H24O2/c1-4-5-12-18-15-9-7-14(8-10-15)16(17)11-6-13(2)3/h7-10,16-17H,2,4-6,11-12H2,1,3H3. The number of aliphatic hydroxyl groups excluding tert-OH is 1. The Kier molecular flexibility index (Phi) is 6.51. The smallest absolute Gasteiger partial charge is 0.119 e. The first-order valence-electron chi connectivity index (χ1n) is 6.68. The highest BCUT2D eigenvalue weighted by molar-refractivity contribution is 5.28. The van der Waals surface area contributed by atoms with Gasteiger partial charge < -0.3 is 9.84 Å². The van der Waals surface area contributed by atoms with Crippen molar-refractivity contribution in [1.29, 1.82) is 0 Å². The van der Waals surface area contributed by atoms with Crippen molar-refractivity contribution in [2.45, 2.75) is 45.6 Å². The predicted molar refractivity (Wildman–Crippen MR) is 75.9 cm³/mol. The van der Waals surface area contributed by atoms with Crippen molar-refractivity contribution in [2.24, 2.45) is 0 Å². The maximum Gasteiger partial charge on any atom is 0.119 e. The second kappa shape index (κ2) is 7.93. The Bertz CT molecular complexity index is 354. The van der Waals surface area contributed by atoms with Gasteiger partial charge in [-0.15, -0.1) is 6.58 Å². The second-order valence-electron chi connectivity index (χ2n) is 4.78. The molecule has 2 heteroatoms. The van der Waals surface area contributed by atoms with Crippen molar-refractivity contribution < 1.29 is 9.84 Å². The molecule has 0 aromatic heterocycles. The maximum atomic E-state index is 9.99. The van der Waals surface area contributed by atoms with Gasteiger partial charge in [-0.25, -0.2) is 0 Å². The van der Waals surface area contributed by atoms with Gasteiger partial charge in [0, 0.05) is 0 Å². The van der Waals surface area contributed by atoms with Crippen LogP contribution < -0.4 is 4.74 Å². The molecule has 100 valence electrons. The summed E-state index contributed by atoms with van der Waals surface area (Å²) in [6.07, 6.45) is 3.38. The second-order valence-corrected chi connectivity index (χ2v) is 4.78. The summed E-state index contributed by atoms with van der Waals surface area (Å²) in [5, 5.41) is 9.99. The van der Waals surface area contributed by atoms with Gasteiger partial charge in [-0.1, -0.05) is 31.1 Å². The number of rotatable bonds is 8. The topological polar surface area (TPSA) is 29.5 Å². The van der Waals surface area contributed by atoms with Crippen molar-refractivity contribution in [3.05, 3.63) is 42.0 Å². The molecule has 0 fully saturated rings. The average Bonchev–Trinajstić information content (AvgIpc) is 2.37. The lowest BCUT2D eigenvalue weighted by Crippen LogP contribution is -1.99. The third-order valence-electron chi connectivity index (χ3n) is 2.88. The van der Waals surface area contributed by atoms with E-state index in [1.807, 2.05) is 31.2 Å². The minimum absolute atomic E-state index is 0.411. The zero-order chi connectivity index (χ0) is 13.4. The SMILES string of the molecule is C=C(C)CCC(O)c1ccc(OCCCC)cc1. The first-order valence-corrected chi connectivity index (χ1v) is 6.68. The molecule has 0 aliphatic heterocycles. The van der Waals surface area contributed by atoms with Crippen LogP contribution in [-0.2, 0) is 0 Å². The quantitative estimate of drug-likeness (QED) is 0.550. The minimum atomic E-state index is -0.411. The molecule has 18 heavy (non-hydrogen) atoms. The monoisotopic (exact) mass is 248 g/mol. The Balaban J connectivity index is 2.45. The fourth-order valence-corrected chi connectivity index (χ4v) is 1.67. The molecule has 1 aromatic carbocycles. The highest BCUT2D eigenvalue weighted by atomic mass is 16.5. The summed E-state index contributed by atoms with van der Waals surface area (Å²) in [4.78, 5) is 0. The highest BCUT2D eigenvalue weighted by Gasteiger charge is 2.07. The number of allylic oxidation sites excluding steroid dienone is 1. The van der Waals surface area contributed by atoms with E-state index in [4.69, 9.17) is 4.74 Å². The van der Waals surface area contributed by atoms with Crippen molar-refractivity contribution in [1.82, 2.24) is 0 Å². The Morgan fingerprint density at radius 1 is 1.33 bits per heavy atom. The molecular formula is C16H24O2. The van der Waals surface area contributed by atoms with E-state index in [-0.39, 0.29) is 0 Å². The van der Waals surface area contributed by atoms with E-state index in [9.17, 15) is 5.11 Å². The fraction of sp³-hybridized carbons (Fsp3) is 0.500. The Labute approximate surface area is 110 Å². The van der Waals surface area contributed by atoms with Crippen LogP contribution in [0.1, 0.15) is 51.2 Å². The molecule has 0 saturated carbocycles. The summed E-state index contributed by atoms with van der Waals surface area (Å²) in [5.74, 6) is 0.874. The van der Waals surface area contributed by atoms with Gasteiger partial charge in [0.2, 0.25) is 0 Å². The molecule has 0 heterocycles. The van der Waals surface area contributed by atoms with Gasteiger partial charge >= 0.3 is 0 Å². The molecule has 1 N–H and O–H groups in total. The molecule has 0 bridgehead atoms. The van der Waals surface area contributed by atoms with Gasteiger partial charge in [0.1, 0.15) is 5.75 Å². The zero-order valence-electron chi connectivity index (χ0n) is 11.5. The van der Waals surface area contributed by atoms with E-state index in [2.05, 4.69) is 13.5 Å². The average molecular weight is 248 g/mol. The van der Waals surface area contributed by atoms with Crippen LogP contribution in [0.25, 0.3) is 0 Å². The largest absolute Gasteiger partial charge is 0.494 e. The fourth-order valence-electron chi connectivity index (χ4n) is 1.67. The van der Waals surface area contributed by atoms with Crippen LogP contribution in [0.15, 0.2) is 36.4 Å². The molecule has 0 aliphatic carbocycles. The van der Waals surface area contributed by atoms with E-state index in [0.717, 1.165) is 49.2 Å². The van der Waals surface area contributed by atoms with Crippen LogP contribution in [0.5, 0.6) is 5.75 Å². The van der Waals surface area contributed by atoms with Gasteiger partial charge in [-0.05, 0) is 43.9 Å². The Morgan fingerprint density at radius 3 is 2.56 bits per heavy atom. The van der Waals surface area contributed by atoms with Crippen LogP contribution >= 0.6 is 0 Å². The van der Waals surface area contributed by atoms with Gasteiger partial charge in [-0.2, -0.15) is 0 Å². The molecule has 2 nitrogen and oxygen atoms in total. The molecule has 1 aromatic rings. The summed E-state index contributed by atoms with van der Waals surface area (Å²) >= 11 is 0. The lowest BCUT2D eigenvalue weighted by molar-refractivity contribution is 0.167. The third kappa shape index (κ3) is 5.37. The van der Waals surface area contributed by atoms with Crippen LogP contribution in [0.4, 0.5) is 0 Å². The molecule has 0 aliphatic rings. The van der Waals surface area contributed by atoms with Crippen LogP contribution in [0.2, 0.25) is 0 Å². The summed E-state index contributed by atoms with van der Waals surface area (Å²) < 4.78 is 5.58. The number of hydrogen-bond acceptors (Lipinski definition) is 2. The molecule has 0 radical (unpaired) electrons. The van der Waals surface area contributed by atoms with Gasteiger partial charge in [0.25, 0.3) is 0 Å². The Morgan fingerprint density at radius 2 is 2.00 bits per heavy atom. The third-order valence-corrected chi connectivity index (χ3v) is 2.88. The van der Waals surface area contributed by atoms with E-state index in [1.54, 1.807) is 0 Å². The summed E-state index contributed by atoms with van der Waals surface area (Å²) in [6, 6.07) is 7.72. The molecule has 0 saturated heterocycles. The normalized spacial score (nSPS) is 12.2. The van der Waals surface area contributed by atoms with E-state index in [0.29, 0.717) is 0 Å². The van der Waals surface area contributed by atoms with Gasteiger partial charge in [-0.3, -0.25) is 0 Å². The number of unbranched alkanes of at least 4 members (excludes halogenated alkanes) is 1. The molecule has 1 unspecified atom stereocenters. The lowest BCUT2D eigenvalue weighted by atomic mass is 10.0. The predicted octanol–water partition coefficient (Wildman–Crippen LogP) is 4.26. The van der Waals surface area contributed by atoms with Gasteiger partial charge in [0.05, 0.1) is 12.7 Å². The maximum absolute atomic E-state index is 9.99. The van der Waals surface area contributed by atoms with Crippen LogP contribution in [0, 0.1) is 0 Å². The van der Waals surface area contributed by atoms with Gasteiger partial charge in [0.15, 0.2) is 0 Å². The Hall–Kier alpha value is -1.28. The summed E-state index contributed by atoms with van der Waals surface area (Å²) in [5.41, 5.74) is 2.05. The first kappa shape index (κ1) is 14.8. The van der Waals surface area contributed by atoms with Crippen molar-refractivity contribution in [3.8, 4) is 5.75 Å². The summed E-state index contributed by atoms with van der Waals surface area (Å²) in [7, 11) is 0. The number of benzene rings is 1. The number of ether oxygens (including phenoxy) is 1. The van der Waals surface area contributed by atoms with E-state index >= 15 is 0 Å². The molecule has 0 spiro atoms. The van der Waals surface area contributed by atoms with Crippen molar-refractivity contribution >= 4 is 0 Å². The number of hydrogen-bond donors (Lipinski definition) is 1. The molecular weight excluding hydrogens is 224 g/mol. The van der Waals surface area contributed by atoms with Crippen LogP contribution in [0.3, 0.4) is 0 Å². The van der Waals surface area contributed by atoms with Crippen LogP contribution in [-0.4, -0.2) is 11.7 Å². The lowest BCUT2D eigenvalue weighted by Gasteiger charge is -2.12. The first-order chi connectivity index (χ1) is 8.63. The summed E-state index contributed by atoms with van der Waals surface area (Å²) in [6.45, 7) is 8.73. The van der Waals surface area contributed by atoms with E-state index < -0.39 is 6.10 Å². The van der Waals surface area contributed by atoms with Crippen molar-refractivity contribution in [3.63, 3.8) is 0 Å². The van der Waals surface area contributed by atoms with Crippen molar-refractivity contribution in [2.75, 3.05) is 6.61 Å². The molecule has 1 atom stereocenters. The zero-order valence-corrected chi connectivity index (χ0v) is 11.5. The highest BCUT2D eigenvalue weighted by Crippen LogP contribution is 2.22. The molecule has 1 rings (SSSR count).